The summed E-state index contributed by atoms with van der Waals surface area (Å²) in [5.74, 6) is 0.819. The highest BCUT2D eigenvalue weighted by molar-refractivity contribution is 4.53. The van der Waals surface area contributed by atoms with Gasteiger partial charge in [0.05, 0.1) is 0 Å². The van der Waals surface area contributed by atoms with Crippen molar-refractivity contribution in [3.63, 3.8) is 0 Å². The summed E-state index contributed by atoms with van der Waals surface area (Å²) in [5, 5.41) is 0. The molecule has 0 aliphatic rings. The second-order valence-electron chi connectivity index (χ2n) is 4.50. The first-order valence-electron chi connectivity index (χ1n) is 6.59. The fourth-order valence-corrected chi connectivity index (χ4v) is 1.64. The number of hydrogen-bond acceptors (Lipinski definition) is 2. The summed E-state index contributed by atoms with van der Waals surface area (Å²) in [5.41, 5.74) is 5.38. The molecule has 2 heteroatoms. The molecule has 0 aliphatic heterocycles. The molecule has 0 aromatic carbocycles. The fourth-order valence-electron chi connectivity index (χ4n) is 1.64. The van der Waals surface area contributed by atoms with Gasteiger partial charge < -0.3 is 10.5 Å². The van der Waals surface area contributed by atoms with Crippen LogP contribution in [-0.2, 0) is 4.74 Å². The van der Waals surface area contributed by atoms with Crippen LogP contribution in [0.1, 0.15) is 58.8 Å². The van der Waals surface area contributed by atoms with Crippen molar-refractivity contribution >= 4 is 0 Å². The molecule has 0 rings (SSSR count). The van der Waals surface area contributed by atoms with Gasteiger partial charge in [-0.2, -0.15) is 0 Å². The zero-order valence-corrected chi connectivity index (χ0v) is 10.6. The van der Waals surface area contributed by atoms with Gasteiger partial charge in [0, 0.05) is 13.2 Å². The Morgan fingerprint density at radius 1 is 1.00 bits per heavy atom. The predicted octanol–water partition coefficient (Wildman–Crippen LogP) is 3.35. The Kier molecular flexibility index (Phi) is 11.9. The molecule has 0 heterocycles. The van der Waals surface area contributed by atoms with Crippen LogP contribution in [0.25, 0.3) is 0 Å². The molecule has 15 heavy (non-hydrogen) atoms. The van der Waals surface area contributed by atoms with Gasteiger partial charge in [-0.25, -0.2) is 0 Å². The molecule has 2 nitrogen and oxygen atoms in total. The standard InChI is InChI=1S/C13H29NO/c1-3-4-5-6-8-13(2)9-12-15-11-7-10-14/h13H,3-12,14H2,1-2H3. The average molecular weight is 215 g/mol. The van der Waals surface area contributed by atoms with E-state index in [-0.39, 0.29) is 0 Å². The Hall–Kier alpha value is -0.0800. The van der Waals surface area contributed by atoms with E-state index in [4.69, 9.17) is 10.5 Å². The van der Waals surface area contributed by atoms with E-state index < -0.39 is 0 Å². The summed E-state index contributed by atoms with van der Waals surface area (Å²) in [6.07, 6.45) is 9.06. The van der Waals surface area contributed by atoms with Crippen molar-refractivity contribution in [2.45, 2.75) is 58.8 Å². The quantitative estimate of drug-likeness (QED) is 0.536. The molecule has 1 unspecified atom stereocenters. The van der Waals surface area contributed by atoms with Gasteiger partial charge in [-0.05, 0) is 25.3 Å². The summed E-state index contributed by atoms with van der Waals surface area (Å²) in [7, 11) is 0. The third kappa shape index (κ3) is 11.8. The van der Waals surface area contributed by atoms with E-state index in [2.05, 4.69) is 13.8 Å². The number of unbranched alkanes of at least 4 members (excludes halogenated alkanes) is 3. The van der Waals surface area contributed by atoms with Gasteiger partial charge in [0.1, 0.15) is 0 Å². The minimum Gasteiger partial charge on any atom is -0.381 e. The maximum atomic E-state index is 5.49. The zero-order valence-electron chi connectivity index (χ0n) is 10.6. The first-order chi connectivity index (χ1) is 7.31. The van der Waals surface area contributed by atoms with Crippen LogP contribution in [0.2, 0.25) is 0 Å². The lowest BCUT2D eigenvalue weighted by Gasteiger charge is -2.11. The third-order valence-corrected chi connectivity index (χ3v) is 2.80. The highest BCUT2D eigenvalue weighted by Gasteiger charge is 2.01. The molecule has 0 aliphatic carbocycles. The lowest BCUT2D eigenvalue weighted by molar-refractivity contribution is 0.119. The Bertz CT molecular complexity index is 117. The van der Waals surface area contributed by atoms with Gasteiger partial charge in [-0.15, -0.1) is 0 Å². The molecule has 0 aromatic rings. The monoisotopic (exact) mass is 215 g/mol. The molecule has 2 N–H and O–H groups in total. The smallest absolute Gasteiger partial charge is 0.0478 e. The molecule has 0 bridgehead atoms. The van der Waals surface area contributed by atoms with E-state index in [0.717, 1.165) is 32.1 Å². The summed E-state index contributed by atoms with van der Waals surface area (Å²) < 4.78 is 5.49. The number of hydrogen-bond donors (Lipinski definition) is 1. The second-order valence-corrected chi connectivity index (χ2v) is 4.50. The molecule has 0 saturated carbocycles. The van der Waals surface area contributed by atoms with E-state index in [1.54, 1.807) is 0 Å². The molecule has 0 amide bonds. The number of ether oxygens (including phenoxy) is 1. The van der Waals surface area contributed by atoms with Crippen molar-refractivity contribution in [3.05, 3.63) is 0 Å². The first kappa shape index (κ1) is 14.9. The van der Waals surface area contributed by atoms with Gasteiger partial charge in [0.2, 0.25) is 0 Å². The number of rotatable bonds is 11. The van der Waals surface area contributed by atoms with Crippen LogP contribution in [0.3, 0.4) is 0 Å². The molecule has 0 aromatic heterocycles. The van der Waals surface area contributed by atoms with E-state index in [9.17, 15) is 0 Å². The Morgan fingerprint density at radius 3 is 2.47 bits per heavy atom. The van der Waals surface area contributed by atoms with E-state index in [1.807, 2.05) is 0 Å². The normalized spacial score (nSPS) is 13.0. The molecule has 0 radical (unpaired) electrons. The summed E-state index contributed by atoms with van der Waals surface area (Å²) in [6.45, 7) is 7.08. The first-order valence-corrected chi connectivity index (χ1v) is 6.59. The largest absolute Gasteiger partial charge is 0.381 e. The molecule has 0 fully saturated rings. The molecular formula is C13H29NO. The Balaban J connectivity index is 3.08. The van der Waals surface area contributed by atoms with Gasteiger partial charge in [-0.1, -0.05) is 46.0 Å². The van der Waals surface area contributed by atoms with Crippen LogP contribution in [0.5, 0.6) is 0 Å². The lowest BCUT2D eigenvalue weighted by Crippen LogP contribution is -2.07. The maximum Gasteiger partial charge on any atom is 0.0478 e. The van der Waals surface area contributed by atoms with Crippen molar-refractivity contribution in [3.8, 4) is 0 Å². The van der Waals surface area contributed by atoms with Crippen LogP contribution >= 0.6 is 0 Å². The van der Waals surface area contributed by atoms with E-state index >= 15 is 0 Å². The van der Waals surface area contributed by atoms with Crippen molar-refractivity contribution in [2.24, 2.45) is 11.7 Å². The lowest BCUT2D eigenvalue weighted by atomic mass is 10.00. The van der Waals surface area contributed by atoms with Crippen molar-refractivity contribution in [1.82, 2.24) is 0 Å². The predicted molar refractivity (Wildman–Crippen MR) is 67.0 cm³/mol. The molecule has 1 atom stereocenters. The van der Waals surface area contributed by atoms with Crippen LogP contribution in [0.15, 0.2) is 0 Å². The van der Waals surface area contributed by atoms with Gasteiger partial charge >= 0.3 is 0 Å². The van der Waals surface area contributed by atoms with Crippen molar-refractivity contribution in [1.29, 1.82) is 0 Å². The Labute approximate surface area is 95.6 Å². The topological polar surface area (TPSA) is 35.2 Å². The van der Waals surface area contributed by atoms with Crippen LogP contribution in [-0.4, -0.2) is 19.8 Å². The van der Waals surface area contributed by atoms with Crippen LogP contribution < -0.4 is 5.73 Å². The SMILES string of the molecule is CCCCCCC(C)CCOCCCN. The van der Waals surface area contributed by atoms with Crippen LogP contribution in [0.4, 0.5) is 0 Å². The maximum absolute atomic E-state index is 5.49. The van der Waals surface area contributed by atoms with Crippen LogP contribution in [0, 0.1) is 5.92 Å². The zero-order chi connectivity index (χ0) is 11.4. The summed E-state index contributed by atoms with van der Waals surface area (Å²) in [4.78, 5) is 0. The van der Waals surface area contributed by atoms with Gasteiger partial charge in [0.15, 0.2) is 0 Å². The third-order valence-electron chi connectivity index (χ3n) is 2.80. The second kappa shape index (κ2) is 12.0. The molecule has 0 spiro atoms. The van der Waals surface area contributed by atoms with Gasteiger partial charge in [0.25, 0.3) is 0 Å². The molecule has 0 saturated heterocycles. The van der Waals surface area contributed by atoms with E-state index in [1.165, 1.54) is 38.5 Å². The highest BCUT2D eigenvalue weighted by Crippen LogP contribution is 2.13. The van der Waals surface area contributed by atoms with Crippen molar-refractivity contribution < 1.29 is 4.74 Å². The number of nitrogens with two attached hydrogens (primary N) is 1. The molecule has 92 valence electrons. The van der Waals surface area contributed by atoms with Gasteiger partial charge in [-0.3, -0.25) is 0 Å². The summed E-state index contributed by atoms with van der Waals surface area (Å²) in [6, 6.07) is 0. The minimum absolute atomic E-state index is 0.743. The molecular weight excluding hydrogens is 186 g/mol. The Morgan fingerprint density at radius 2 is 1.80 bits per heavy atom. The van der Waals surface area contributed by atoms with Crippen molar-refractivity contribution in [2.75, 3.05) is 19.8 Å². The highest BCUT2D eigenvalue weighted by atomic mass is 16.5. The van der Waals surface area contributed by atoms with E-state index in [0.29, 0.717) is 0 Å². The average Bonchev–Trinajstić information content (AvgIpc) is 2.24. The summed E-state index contributed by atoms with van der Waals surface area (Å²) >= 11 is 0. The minimum atomic E-state index is 0.743. The fraction of sp³-hybridized carbons (Fsp3) is 1.00.